The molecule has 10 heteroatoms. The van der Waals surface area contributed by atoms with Gasteiger partial charge in [-0.1, -0.05) is 16.8 Å². The summed E-state index contributed by atoms with van der Waals surface area (Å²) in [7, 11) is 3.80. The monoisotopic (exact) mass is 361 g/mol. The lowest BCUT2D eigenvalue weighted by Gasteiger charge is -2.15. The molecule has 3 aromatic rings. The topological polar surface area (TPSA) is 113 Å². The van der Waals surface area contributed by atoms with Crippen LogP contribution < -0.4 is 10.2 Å². The van der Waals surface area contributed by atoms with Crippen LogP contribution in [0, 0.1) is 0 Å². The number of anilines is 2. The van der Waals surface area contributed by atoms with Crippen LogP contribution in [-0.2, 0) is 11.2 Å². The van der Waals surface area contributed by atoms with Gasteiger partial charge >= 0.3 is 0 Å². The van der Waals surface area contributed by atoms with Crippen LogP contribution in [0.2, 0.25) is 5.02 Å². The number of hydrogen-bond acceptors (Lipinski definition) is 7. The fraction of sp³-hybridized carbons (Fsp3) is 0.267. The summed E-state index contributed by atoms with van der Waals surface area (Å²) in [5.74, 6) is 0.893. The first-order valence-corrected chi connectivity index (χ1v) is 7.86. The Hall–Kier alpha value is -2.94. The molecule has 0 aliphatic heterocycles. The molecular formula is C15H16ClN7O2. The molecule has 0 bridgehead atoms. The Bertz CT molecular complexity index is 861. The van der Waals surface area contributed by atoms with Crippen molar-refractivity contribution >= 4 is 28.9 Å². The van der Waals surface area contributed by atoms with E-state index in [2.05, 4.69) is 30.6 Å². The van der Waals surface area contributed by atoms with E-state index in [9.17, 15) is 4.79 Å². The number of halogens is 1. The maximum absolute atomic E-state index is 12.1. The summed E-state index contributed by atoms with van der Waals surface area (Å²) >= 11 is 6.19. The average molecular weight is 362 g/mol. The second-order valence-electron chi connectivity index (χ2n) is 5.45. The summed E-state index contributed by atoms with van der Waals surface area (Å²) in [5, 5.41) is 13.5. The lowest BCUT2D eigenvalue weighted by molar-refractivity contribution is -0.116. The predicted molar refractivity (Wildman–Crippen MR) is 92.4 cm³/mol. The molecule has 25 heavy (non-hydrogen) atoms. The third kappa shape index (κ3) is 4.13. The van der Waals surface area contributed by atoms with Crippen molar-refractivity contribution in [3.8, 4) is 11.6 Å². The Morgan fingerprint density at radius 3 is 2.92 bits per heavy atom. The number of amides is 1. The zero-order chi connectivity index (χ0) is 17.8. The number of aromatic amines is 1. The minimum Gasteiger partial charge on any atom is -0.376 e. The van der Waals surface area contributed by atoms with Gasteiger partial charge in [-0.25, -0.2) is 4.98 Å². The van der Waals surface area contributed by atoms with Crippen molar-refractivity contribution in [1.82, 2.24) is 25.3 Å². The van der Waals surface area contributed by atoms with Gasteiger partial charge in [0, 0.05) is 32.6 Å². The first-order valence-electron chi connectivity index (χ1n) is 7.48. The van der Waals surface area contributed by atoms with E-state index in [-0.39, 0.29) is 12.3 Å². The summed E-state index contributed by atoms with van der Waals surface area (Å²) in [5.41, 5.74) is 1.51. The smallest absolute Gasteiger partial charge is 0.239 e. The molecule has 0 fully saturated rings. The van der Waals surface area contributed by atoms with Crippen molar-refractivity contribution in [3.63, 3.8) is 0 Å². The highest BCUT2D eigenvalue weighted by Crippen LogP contribution is 2.27. The van der Waals surface area contributed by atoms with Crippen LogP contribution in [0.5, 0.6) is 0 Å². The average Bonchev–Trinajstić information content (AvgIpc) is 3.24. The molecule has 3 rings (SSSR count). The standard InChI is InChI=1S/C15H16ClN7O2/c1-23(2)11-4-3-9(7-10(11)16)19-12(24)5-6-13-20-15(22-25-13)14-17-8-18-21-14/h3-4,7-8H,5-6H2,1-2H3,(H,19,24)(H,17,18,21). The second-order valence-corrected chi connectivity index (χ2v) is 5.86. The normalized spacial score (nSPS) is 10.7. The minimum absolute atomic E-state index is 0.173. The molecule has 1 aromatic carbocycles. The Morgan fingerprint density at radius 1 is 1.40 bits per heavy atom. The number of benzene rings is 1. The van der Waals surface area contributed by atoms with Gasteiger partial charge in [-0.15, -0.1) is 0 Å². The van der Waals surface area contributed by atoms with E-state index in [1.807, 2.05) is 25.1 Å². The number of H-pyrrole nitrogens is 1. The third-order valence-electron chi connectivity index (χ3n) is 3.37. The number of aromatic nitrogens is 5. The van der Waals surface area contributed by atoms with Gasteiger partial charge in [0.05, 0.1) is 10.7 Å². The minimum atomic E-state index is -0.173. The van der Waals surface area contributed by atoms with Crippen molar-refractivity contribution in [2.45, 2.75) is 12.8 Å². The molecule has 2 heterocycles. The van der Waals surface area contributed by atoms with E-state index >= 15 is 0 Å². The second kappa shape index (κ2) is 7.31. The first kappa shape index (κ1) is 16.9. The van der Waals surface area contributed by atoms with E-state index in [0.29, 0.717) is 34.7 Å². The summed E-state index contributed by atoms with van der Waals surface area (Å²) in [6.45, 7) is 0. The quantitative estimate of drug-likeness (QED) is 0.691. The van der Waals surface area contributed by atoms with Gasteiger partial charge in [0.25, 0.3) is 0 Å². The molecule has 2 aromatic heterocycles. The van der Waals surface area contributed by atoms with Crippen molar-refractivity contribution < 1.29 is 9.32 Å². The number of nitrogens with zero attached hydrogens (tertiary/aromatic N) is 5. The third-order valence-corrected chi connectivity index (χ3v) is 3.68. The molecule has 9 nitrogen and oxygen atoms in total. The predicted octanol–water partition coefficient (Wildman–Crippen LogP) is 2.15. The number of nitrogens with one attached hydrogen (secondary N) is 2. The van der Waals surface area contributed by atoms with E-state index in [1.54, 1.807) is 12.1 Å². The summed E-state index contributed by atoms with van der Waals surface area (Å²) in [6, 6.07) is 5.36. The number of aryl methyl sites for hydroxylation is 1. The molecule has 0 saturated heterocycles. The van der Waals surface area contributed by atoms with E-state index < -0.39 is 0 Å². The molecule has 1 amide bonds. The van der Waals surface area contributed by atoms with Crippen LogP contribution in [0.3, 0.4) is 0 Å². The van der Waals surface area contributed by atoms with Crippen LogP contribution in [-0.4, -0.2) is 45.3 Å². The molecule has 2 N–H and O–H groups in total. The summed E-state index contributed by atoms with van der Waals surface area (Å²) in [6.07, 6.45) is 1.87. The molecule has 0 saturated carbocycles. The summed E-state index contributed by atoms with van der Waals surface area (Å²) < 4.78 is 5.09. The summed E-state index contributed by atoms with van der Waals surface area (Å²) in [4.78, 5) is 22.1. The number of rotatable bonds is 6. The molecule has 130 valence electrons. The number of carbonyl (C=O) groups is 1. The number of carbonyl (C=O) groups excluding carboxylic acids is 1. The van der Waals surface area contributed by atoms with Gasteiger partial charge in [-0.2, -0.15) is 10.1 Å². The molecular weight excluding hydrogens is 346 g/mol. The highest BCUT2D eigenvalue weighted by atomic mass is 35.5. The lowest BCUT2D eigenvalue weighted by atomic mass is 10.2. The van der Waals surface area contributed by atoms with E-state index in [0.717, 1.165) is 5.69 Å². The fourth-order valence-electron chi connectivity index (χ4n) is 2.16. The Morgan fingerprint density at radius 2 is 2.24 bits per heavy atom. The molecule has 0 aliphatic rings. The van der Waals surface area contributed by atoms with Gasteiger partial charge in [0.1, 0.15) is 6.33 Å². The lowest BCUT2D eigenvalue weighted by Crippen LogP contribution is -2.13. The molecule has 0 aliphatic carbocycles. The SMILES string of the molecule is CN(C)c1ccc(NC(=O)CCc2nc(-c3ncn[nH]3)no2)cc1Cl. The van der Waals surface area contributed by atoms with Crippen molar-refractivity contribution in [2.24, 2.45) is 0 Å². The Kier molecular flexibility index (Phi) is 4.94. The van der Waals surface area contributed by atoms with Gasteiger partial charge in [0.2, 0.25) is 17.6 Å². The number of hydrogen-bond donors (Lipinski definition) is 2. The van der Waals surface area contributed by atoms with Crippen molar-refractivity contribution in [2.75, 3.05) is 24.3 Å². The zero-order valence-corrected chi connectivity index (χ0v) is 14.4. The molecule has 0 radical (unpaired) electrons. The van der Waals surface area contributed by atoms with Gasteiger partial charge < -0.3 is 14.7 Å². The maximum atomic E-state index is 12.1. The molecule has 0 atom stereocenters. The van der Waals surface area contributed by atoms with E-state index in [1.165, 1.54) is 6.33 Å². The fourth-order valence-corrected chi connectivity index (χ4v) is 2.51. The molecule has 0 spiro atoms. The zero-order valence-electron chi connectivity index (χ0n) is 13.7. The van der Waals surface area contributed by atoms with Crippen LogP contribution in [0.4, 0.5) is 11.4 Å². The highest BCUT2D eigenvalue weighted by molar-refractivity contribution is 6.33. The van der Waals surface area contributed by atoms with Crippen molar-refractivity contribution in [1.29, 1.82) is 0 Å². The van der Waals surface area contributed by atoms with Crippen LogP contribution in [0.25, 0.3) is 11.6 Å². The van der Waals surface area contributed by atoms with Gasteiger partial charge in [-0.05, 0) is 18.2 Å². The Labute approximate surface area is 148 Å². The van der Waals surface area contributed by atoms with Crippen molar-refractivity contribution in [3.05, 3.63) is 35.4 Å². The van der Waals surface area contributed by atoms with Gasteiger partial charge in [-0.3, -0.25) is 9.89 Å². The maximum Gasteiger partial charge on any atom is 0.239 e. The first-order chi connectivity index (χ1) is 12.0. The molecule has 0 unspecified atom stereocenters. The largest absolute Gasteiger partial charge is 0.376 e. The van der Waals surface area contributed by atoms with Crippen LogP contribution in [0.1, 0.15) is 12.3 Å². The van der Waals surface area contributed by atoms with Crippen LogP contribution >= 0.6 is 11.6 Å². The van der Waals surface area contributed by atoms with Crippen LogP contribution in [0.15, 0.2) is 29.0 Å². The van der Waals surface area contributed by atoms with E-state index in [4.69, 9.17) is 16.1 Å². The highest BCUT2D eigenvalue weighted by Gasteiger charge is 2.13. The Balaban J connectivity index is 1.55. The van der Waals surface area contributed by atoms with Gasteiger partial charge in [0.15, 0.2) is 5.82 Å².